The molecule has 10 nitrogen and oxygen atoms in total. The Hall–Kier alpha value is -4.41. The summed E-state index contributed by atoms with van der Waals surface area (Å²) in [5.41, 5.74) is 3.70. The number of benzene rings is 2. The predicted octanol–water partition coefficient (Wildman–Crippen LogP) is 6.12. The Labute approximate surface area is 244 Å². The van der Waals surface area contributed by atoms with Crippen LogP contribution in [0.15, 0.2) is 69.8 Å². The third-order valence-electron chi connectivity index (χ3n) is 6.70. The van der Waals surface area contributed by atoms with E-state index >= 15 is 0 Å². The number of hydrogen-bond donors (Lipinski definition) is 0. The molecule has 220 valence electrons. The maximum absolute atomic E-state index is 11.6. The molecular formula is C32H35N3O7. The molecule has 0 bridgehead atoms. The number of aromatic nitrogens is 2. The third-order valence-corrected chi connectivity index (χ3v) is 6.70. The first-order valence-electron chi connectivity index (χ1n) is 14.0. The van der Waals surface area contributed by atoms with Crippen LogP contribution >= 0.6 is 0 Å². The van der Waals surface area contributed by atoms with E-state index < -0.39 is 0 Å². The first-order chi connectivity index (χ1) is 20.5. The summed E-state index contributed by atoms with van der Waals surface area (Å²) in [7, 11) is 3.64. The van der Waals surface area contributed by atoms with Crippen LogP contribution in [0.5, 0.6) is 5.75 Å². The largest absolute Gasteiger partial charge is 0.491 e. The molecule has 10 heteroatoms. The Morgan fingerprint density at radius 2 is 1.52 bits per heavy atom. The average Bonchev–Trinajstić information content (AvgIpc) is 3.63. The van der Waals surface area contributed by atoms with E-state index in [1.54, 1.807) is 19.5 Å². The normalized spacial score (nSPS) is 11.3. The van der Waals surface area contributed by atoms with Crippen LogP contribution in [0.1, 0.15) is 19.8 Å². The van der Waals surface area contributed by atoms with Gasteiger partial charge in [-0.2, -0.15) is 0 Å². The monoisotopic (exact) mass is 573 g/mol. The molecule has 0 N–H and O–H groups in total. The lowest BCUT2D eigenvalue weighted by Crippen LogP contribution is -2.19. The zero-order valence-electron chi connectivity index (χ0n) is 24.1. The molecule has 5 rings (SSSR count). The lowest BCUT2D eigenvalue weighted by atomic mass is 10.2. The molecule has 3 aromatic heterocycles. The highest BCUT2D eigenvalue weighted by Gasteiger charge is 2.13. The second-order valence-electron chi connectivity index (χ2n) is 9.71. The van der Waals surface area contributed by atoms with Crippen molar-refractivity contribution in [3.05, 3.63) is 60.9 Å². The van der Waals surface area contributed by atoms with E-state index in [0.717, 1.165) is 28.6 Å². The molecule has 0 atom stereocenters. The molecule has 0 aliphatic heterocycles. The molecule has 42 heavy (non-hydrogen) atoms. The topological polar surface area (TPSA) is 109 Å². The van der Waals surface area contributed by atoms with Crippen molar-refractivity contribution in [2.75, 3.05) is 58.6 Å². The molecule has 5 aromatic rings. The number of anilines is 1. The Bertz CT molecular complexity index is 1610. The standard InChI is InChI=1S/C32H35N3O7/c1-4-39-32(36)6-5-11-35(2)24-9-7-22-16-30(41-28(22)18-24)26-20-34-27(21-33-26)31-17-23-8-10-25(19-29(23)42-31)40-15-14-38-13-12-37-3/h7-10,16-21H,4-6,11-15H2,1-3H3. The van der Waals surface area contributed by atoms with Gasteiger partial charge in [0.15, 0.2) is 11.5 Å². The van der Waals surface area contributed by atoms with Crippen LogP contribution in [0, 0.1) is 0 Å². The van der Waals surface area contributed by atoms with Crippen molar-refractivity contribution in [1.29, 1.82) is 0 Å². The van der Waals surface area contributed by atoms with Gasteiger partial charge >= 0.3 is 5.97 Å². The van der Waals surface area contributed by atoms with Crippen LogP contribution in [-0.2, 0) is 19.0 Å². The van der Waals surface area contributed by atoms with Crippen molar-refractivity contribution in [2.45, 2.75) is 19.8 Å². The lowest BCUT2D eigenvalue weighted by Gasteiger charge is -2.18. The van der Waals surface area contributed by atoms with Gasteiger partial charge < -0.3 is 32.7 Å². The Morgan fingerprint density at radius 1 is 0.857 bits per heavy atom. The molecule has 0 amide bonds. The first-order valence-corrected chi connectivity index (χ1v) is 14.0. The Balaban J connectivity index is 1.22. The molecule has 0 spiro atoms. The highest BCUT2D eigenvalue weighted by molar-refractivity contribution is 5.86. The number of nitrogens with zero attached hydrogens (tertiary/aromatic N) is 3. The minimum atomic E-state index is -0.167. The van der Waals surface area contributed by atoms with Crippen LogP contribution in [0.2, 0.25) is 0 Å². The number of furan rings is 2. The second kappa shape index (κ2) is 14.0. The van der Waals surface area contributed by atoms with Gasteiger partial charge in [-0.1, -0.05) is 0 Å². The van der Waals surface area contributed by atoms with Gasteiger partial charge in [-0.25, -0.2) is 9.97 Å². The smallest absolute Gasteiger partial charge is 0.305 e. The van der Waals surface area contributed by atoms with Crippen LogP contribution in [0.3, 0.4) is 0 Å². The number of carbonyl (C=O) groups is 1. The van der Waals surface area contributed by atoms with Crippen molar-refractivity contribution >= 4 is 33.6 Å². The van der Waals surface area contributed by atoms with Gasteiger partial charge in [0.05, 0.1) is 38.8 Å². The van der Waals surface area contributed by atoms with Gasteiger partial charge in [0.2, 0.25) is 0 Å². The number of rotatable bonds is 15. The quantitative estimate of drug-likeness (QED) is 0.107. The minimum Gasteiger partial charge on any atom is -0.491 e. The summed E-state index contributed by atoms with van der Waals surface area (Å²) in [6, 6.07) is 15.6. The fourth-order valence-electron chi connectivity index (χ4n) is 4.48. The summed E-state index contributed by atoms with van der Waals surface area (Å²) in [5.74, 6) is 1.78. The van der Waals surface area contributed by atoms with Crippen LogP contribution in [0.4, 0.5) is 5.69 Å². The van der Waals surface area contributed by atoms with E-state index in [-0.39, 0.29) is 5.97 Å². The summed E-state index contributed by atoms with van der Waals surface area (Å²) < 4.78 is 33.4. The third kappa shape index (κ3) is 7.26. The number of hydrogen-bond acceptors (Lipinski definition) is 10. The van der Waals surface area contributed by atoms with Crippen molar-refractivity contribution in [1.82, 2.24) is 9.97 Å². The van der Waals surface area contributed by atoms with Gasteiger partial charge in [0, 0.05) is 55.7 Å². The van der Waals surface area contributed by atoms with E-state index in [9.17, 15) is 4.79 Å². The van der Waals surface area contributed by atoms with Crippen LogP contribution in [0.25, 0.3) is 44.8 Å². The van der Waals surface area contributed by atoms with Gasteiger partial charge in [-0.05, 0) is 49.7 Å². The van der Waals surface area contributed by atoms with E-state index in [2.05, 4.69) is 14.9 Å². The molecule has 0 unspecified atom stereocenters. The highest BCUT2D eigenvalue weighted by Crippen LogP contribution is 2.32. The summed E-state index contributed by atoms with van der Waals surface area (Å²) in [6.07, 6.45) is 4.47. The zero-order valence-corrected chi connectivity index (χ0v) is 24.1. The first kappa shape index (κ1) is 29.1. The summed E-state index contributed by atoms with van der Waals surface area (Å²) in [6.45, 7) is 4.96. The second-order valence-corrected chi connectivity index (χ2v) is 9.71. The number of methoxy groups -OCH3 is 1. The average molecular weight is 574 g/mol. The van der Waals surface area contributed by atoms with E-state index in [1.807, 2.05) is 62.5 Å². The summed E-state index contributed by atoms with van der Waals surface area (Å²) in [5, 5.41) is 1.91. The molecule has 2 aromatic carbocycles. The lowest BCUT2D eigenvalue weighted by molar-refractivity contribution is -0.143. The van der Waals surface area contributed by atoms with Crippen molar-refractivity contribution in [3.8, 4) is 28.7 Å². The Kier molecular flexibility index (Phi) is 9.68. The maximum Gasteiger partial charge on any atom is 0.305 e. The van der Waals surface area contributed by atoms with Crippen molar-refractivity contribution < 1.29 is 32.6 Å². The van der Waals surface area contributed by atoms with Crippen molar-refractivity contribution in [3.63, 3.8) is 0 Å². The molecule has 0 aliphatic rings. The molecule has 0 fully saturated rings. The van der Waals surface area contributed by atoms with E-state index in [4.69, 9.17) is 27.8 Å². The van der Waals surface area contributed by atoms with Gasteiger partial charge in [-0.15, -0.1) is 0 Å². The number of esters is 1. The molecule has 0 saturated carbocycles. The molecule has 0 radical (unpaired) electrons. The molecule has 3 heterocycles. The minimum absolute atomic E-state index is 0.167. The Morgan fingerprint density at radius 3 is 2.19 bits per heavy atom. The van der Waals surface area contributed by atoms with Gasteiger partial charge in [-0.3, -0.25) is 4.79 Å². The molecule has 0 saturated heterocycles. The number of ether oxygens (including phenoxy) is 4. The fourth-order valence-corrected chi connectivity index (χ4v) is 4.48. The van der Waals surface area contributed by atoms with Gasteiger partial charge in [0.25, 0.3) is 0 Å². The SMILES string of the molecule is CCOC(=O)CCCN(C)c1ccc2cc(-c3cnc(-c4cc5ccc(OCCOCCOC)cc5o4)cn3)oc2c1. The van der Waals surface area contributed by atoms with Gasteiger partial charge in [0.1, 0.15) is 34.9 Å². The maximum atomic E-state index is 11.6. The number of fused-ring (bicyclic) bond motifs is 2. The zero-order chi connectivity index (χ0) is 29.3. The predicted molar refractivity (Wildman–Crippen MR) is 160 cm³/mol. The summed E-state index contributed by atoms with van der Waals surface area (Å²) in [4.78, 5) is 22.9. The van der Waals surface area contributed by atoms with Crippen LogP contribution < -0.4 is 9.64 Å². The highest BCUT2D eigenvalue weighted by atomic mass is 16.5. The molecule has 0 aliphatic carbocycles. The summed E-state index contributed by atoms with van der Waals surface area (Å²) >= 11 is 0. The van der Waals surface area contributed by atoms with E-state index in [0.29, 0.717) is 80.1 Å². The fraction of sp³-hybridized carbons (Fsp3) is 0.344. The number of carbonyl (C=O) groups excluding carboxylic acids is 1. The van der Waals surface area contributed by atoms with E-state index in [1.165, 1.54) is 0 Å². The molecular weight excluding hydrogens is 538 g/mol. The van der Waals surface area contributed by atoms with Crippen molar-refractivity contribution in [2.24, 2.45) is 0 Å². The van der Waals surface area contributed by atoms with Crippen LogP contribution in [-0.4, -0.2) is 69.7 Å².